The number of hydrogen-bond acceptors (Lipinski definition) is 6. The van der Waals surface area contributed by atoms with Gasteiger partial charge in [0.1, 0.15) is 0 Å². The van der Waals surface area contributed by atoms with Crippen molar-refractivity contribution < 1.29 is 14.4 Å². The summed E-state index contributed by atoms with van der Waals surface area (Å²) in [5.41, 5.74) is 7.95. The quantitative estimate of drug-likeness (QED) is 0.362. The molecular formula is C20H23N5O3S. The third-order valence-corrected chi connectivity index (χ3v) is 5.15. The number of benzene rings is 1. The molecule has 2 aromatic rings. The fourth-order valence-corrected chi connectivity index (χ4v) is 3.46. The highest BCUT2D eigenvalue weighted by molar-refractivity contribution is 7.98. The van der Waals surface area contributed by atoms with Crippen molar-refractivity contribution in [1.29, 1.82) is 0 Å². The Labute approximate surface area is 173 Å². The molecule has 3 N–H and O–H groups in total. The van der Waals surface area contributed by atoms with Gasteiger partial charge in [-0.15, -0.1) is 0 Å². The van der Waals surface area contributed by atoms with Crippen molar-refractivity contribution in [3.63, 3.8) is 0 Å². The van der Waals surface area contributed by atoms with Crippen LogP contribution >= 0.6 is 11.8 Å². The molecule has 3 amide bonds. The van der Waals surface area contributed by atoms with Crippen molar-refractivity contribution in [3.8, 4) is 0 Å². The van der Waals surface area contributed by atoms with Crippen LogP contribution in [0.15, 0.2) is 35.5 Å². The molecule has 9 heteroatoms. The smallest absolute Gasteiger partial charge is 0.269 e. The highest BCUT2D eigenvalue weighted by Crippen LogP contribution is 2.28. The molecular weight excluding hydrogens is 390 g/mol. The van der Waals surface area contributed by atoms with E-state index in [1.165, 1.54) is 11.8 Å². The molecule has 0 saturated heterocycles. The molecule has 1 heterocycles. The zero-order chi connectivity index (χ0) is 20.8. The second-order valence-electron chi connectivity index (χ2n) is 6.91. The van der Waals surface area contributed by atoms with Crippen LogP contribution in [0.4, 0.5) is 0 Å². The van der Waals surface area contributed by atoms with Gasteiger partial charge in [-0.3, -0.25) is 25.2 Å². The summed E-state index contributed by atoms with van der Waals surface area (Å²) in [4.78, 5) is 44.1. The first-order chi connectivity index (χ1) is 13.9. The summed E-state index contributed by atoms with van der Waals surface area (Å²) < 4.78 is 0. The van der Waals surface area contributed by atoms with Gasteiger partial charge in [0.25, 0.3) is 11.8 Å². The molecule has 152 valence electrons. The summed E-state index contributed by atoms with van der Waals surface area (Å²) in [6.45, 7) is 3.71. The molecule has 29 heavy (non-hydrogen) atoms. The Kier molecular flexibility index (Phi) is 6.82. The number of carbonyl (C=O) groups excluding carboxylic acids is 3. The standard InChI is InChI=1S/C20H23N5O3S/c1-12-9-13(2)23-20(22-12)29-11-14-3-5-16(6-4-14)19(28)25-24-17(26)10-21-18(27)15-7-8-15/h3-6,9,15H,7-8,10-11H2,1-2H3,(H,21,27)(H,24,26)(H,25,28). The van der Waals surface area contributed by atoms with Gasteiger partial charge in [0.05, 0.1) is 6.54 Å². The van der Waals surface area contributed by atoms with Crippen LogP contribution in [0.1, 0.15) is 40.2 Å². The van der Waals surface area contributed by atoms with E-state index in [-0.39, 0.29) is 18.4 Å². The van der Waals surface area contributed by atoms with Gasteiger partial charge in [-0.25, -0.2) is 9.97 Å². The Bertz CT molecular complexity index is 893. The second kappa shape index (κ2) is 9.51. The number of carbonyl (C=O) groups is 3. The van der Waals surface area contributed by atoms with Crippen LogP contribution in [0.25, 0.3) is 0 Å². The predicted octanol–water partition coefficient (Wildman–Crippen LogP) is 1.67. The van der Waals surface area contributed by atoms with Crippen LogP contribution < -0.4 is 16.2 Å². The molecule has 1 saturated carbocycles. The predicted molar refractivity (Wildman–Crippen MR) is 109 cm³/mol. The number of amides is 3. The third kappa shape index (κ3) is 6.56. The maximum absolute atomic E-state index is 12.1. The van der Waals surface area contributed by atoms with Gasteiger partial charge in [-0.05, 0) is 50.5 Å². The summed E-state index contributed by atoms with van der Waals surface area (Å²) in [5, 5.41) is 3.26. The van der Waals surface area contributed by atoms with Crippen molar-refractivity contribution >= 4 is 29.5 Å². The van der Waals surface area contributed by atoms with E-state index < -0.39 is 11.8 Å². The molecule has 0 bridgehead atoms. The summed E-state index contributed by atoms with van der Waals surface area (Å²) in [5.74, 6) is -0.304. The van der Waals surface area contributed by atoms with Crippen LogP contribution in [0.3, 0.4) is 0 Å². The highest BCUT2D eigenvalue weighted by atomic mass is 32.2. The Morgan fingerprint density at radius 3 is 2.31 bits per heavy atom. The zero-order valence-electron chi connectivity index (χ0n) is 16.3. The molecule has 0 radical (unpaired) electrons. The summed E-state index contributed by atoms with van der Waals surface area (Å²) in [6.07, 6.45) is 1.74. The highest BCUT2D eigenvalue weighted by Gasteiger charge is 2.29. The Morgan fingerprint density at radius 1 is 1.03 bits per heavy atom. The fourth-order valence-electron chi connectivity index (χ4n) is 2.56. The van der Waals surface area contributed by atoms with Crippen LogP contribution in [-0.2, 0) is 15.3 Å². The SMILES string of the molecule is Cc1cc(C)nc(SCc2ccc(C(=O)NNC(=O)CNC(=O)C3CC3)cc2)n1. The zero-order valence-corrected chi connectivity index (χ0v) is 17.1. The lowest BCUT2D eigenvalue weighted by atomic mass is 10.1. The minimum atomic E-state index is -0.478. The maximum atomic E-state index is 12.1. The van der Waals surface area contributed by atoms with Gasteiger partial charge < -0.3 is 5.32 Å². The van der Waals surface area contributed by atoms with Gasteiger partial charge >= 0.3 is 0 Å². The van der Waals surface area contributed by atoms with Gasteiger partial charge in [-0.1, -0.05) is 23.9 Å². The van der Waals surface area contributed by atoms with Crippen molar-refractivity contribution in [2.45, 2.75) is 37.6 Å². The fraction of sp³-hybridized carbons (Fsp3) is 0.350. The van der Waals surface area contributed by atoms with E-state index in [2.05, 4.69) is 26.1 Å². The summed E-state index contributed by atoms with van der Waals surface area (Å²) >= 11 is 1.53. The van der Waals surface area contributed by atoms with Crippen LogP contribution in [-0.4, -0.2) is 34.2 Å². The number of aromatic nitrogens is 2. The van der Waals surface area contributed by atoms with E-state index in [9.17, 15) is 14.4 Å². The molecule has 0 spiro atoms. The van der Waals surface area contributed by atoms with E-state index >= 15 is 0 Å². The van der Waals surface area contributed by atoms with Crippen molar-refractivity contribution in [1.82, 2.24) is 26.1 Å². The molecule has 1 aromatic carbocycles. The van der Waals surface area contributed by atoms with E-state index in [0.717, 1.165) is 34.9 Å². The lowest BCUT2D eigenvalue weighted by Crippen LogP contribution is -2.46. The van der Waals surface area contributed by atoms with Crippen LogP contribution in [0.2, 0.25) is 0 Å². The average molecular weight is 414 g/mol. The lowest BCUT2D eigenvalue weighted by molar-refractivity contribution is -0.127. The molecule has 3 rings (SSSR count). The lowest BCUT2D eigenvalue weighted by Gasteiger charge is -2.09. The Morgan fingerprint density at radius 2 is 1.69 bits per heavy atom. The number of thioether (sulfide) groups is 1. The minimum absolute atomic E-state index is 0.0376. The van der Waals surface area contributed by atoms with Crippen molar-refractivity contribution in [2.24, 2.45) is 5.92 Å². The van der Waals surface area contributed by atoms with Gasteiger partial charge in [0.15, 0.2) is 5.16 Å². The summed E-state index contributed by atoms with van der Waals surface area (Å²) in [6, 6.07) is 9.00. The Balaban J connectivity index is 1.43. The average Bonchev–Trinajstić information content (AvgIpc) is 3.54. The number of nitrogens with one attached hydrogen (secondary N) is 3. The molecule has 1 aliphatic rings. The molecule has 0 aliphatic heterocycles. The van der Waals surface area contributed by atoms with E-state index in [0.29, 0.717) is 11.3 Å². The van der Waals surface area contributed by atoms with E-state index in [1.54, 1.807) is 12.1 Å². The maximum Gasteiger partial charge on any atom is 0.269 e. The van der Waals surface area contributed by atoms with Crippen molar-refractivity contribution in [3.05, 3.63) is 52.8 Å². The van der Waals surface area contributed by atoms with Crippen molar-refractivity contribution in [2.75, 3.05) is 6.54 Å². The number of hydrazine groups is 1. The number of rotatable bonds is 7. The molecule has 8 nitrogen and oxygen atoms in total. The first kappa shape index (κ1) is 20.8. The monoisotopic (exact) mass is 413 g/mol. The minimum Gasteiger partial charge on any atom is -0.347 e. The third-order valence-electron chi connectivity index (χ3n) is 4.23. The van der Waals surface area contributed by atoms with Gasteiger partial charge in [-0.2, -0.15) is 0 Å². The number of nitrogens with zero attached hydrogens (tertiary/aromatic N) is 2. The molecule has 1 fully saturated rings. The normalized spacial score (nSPS) is 12.9. The van der Waals surface area contributed by atoms with Crippen LogP contribution in [0.5, 0.6) is 0 Å². The van der Waals surface area contributed by atoms with E-state index in [4.69, 9.17) is 0 Å². The van der Waals surface area contributed by atoms with Gasteiger partial charge in [0, 0.05) is 28.6 Å². The largest absolute Gasteiger partial charge is 0.347 e. The molecule has 1 aromatic heterocycles. The molecule has 0 atom stereocenters. The van der Waals surface area contributed by atoms with E-state index in [1.807, 2.05) is 32.0 Å². The van der Waals surface area contributed by atoms with Crippen LogP contribution in [0, 0.1) is 19.8 Å². The number of hydrogen-bond donors (Lipinski definition) is 3. The summed E-state index contributed by atoms with van der Waals surface area (Å²) in [7, 11) is 0. The topological polar surface area (TPSA) is 113 Å². The molecule has 0 unspecified atom stereocenters. The first-order valence-electron chi connectivity index (χ1n) is 9.31. The number of aryl methyl sites for hydroxylation is 2. The first-order valence-corrected chi connectivity index (χ1v) is 10.3. The second-order valence-corrected chi connectivity index (χ2v) is 7.86. The van der Waals surface area contributed by atoms with Gasteiger partial charge in [0.2, 0.25) is 5.91 Å². The molecule has 1 aliphatic carbocycles. The Hall–Kier alpha value is -2.94.